The molecule has 1 N–H and O–H groups in total. The van der Waals surface area contributed by atoms with Crippen LogP contribution in [0.2, 0.25) is 0 Å². The summed E-state index contributed by atoms with van der Waals surface area (Å²) in [6, 6.07) is 0.404. The molecule has 2 aliphatic rings. The van der Waals surface area contributed by atoms with Crippen LogP contribution in [0, 0.1) is 0 Å². The Kier molecular flexibility index (Phi) is 4.83. The quantitative estimate of drug-likeness (QED) is 0.884. The van der Waals surface area contributed by atoms with Gasteiger partial charge in [-0.1, -0.05) is 5.16 Å². The molecule has 2 atom stereocenters. The molecule has 118 valence electrons. The molecule has 6 nitrogen and oxygen atoms in total. The summed E-state index contributed by atoms with van der Waals surface area (Å²) >= 11 is 1.92. The van der Waals surface area contributed by atoms with E-state index in [0.717, 1.165) is 30.2 Å². The molecule has 0 aliphatic carbocycles. The molecule has 0 aromatic carbocycles. The summed E-state index contributed by atoms with van der Waals surface area (Å²) in [5, 5.41) is 7.58. The maximum atomic E-state index is 6.00. The number of ether oxygens (including phenoxy) is 2. The van der Waals surface area contributed by atoms with Gasteiger partial charge in [-0.15, -0.1) is 0 Å². The van der Waals surface area contributed by atoms with E-state index in [9.17, 15) is 0 Å². The first-order valence-corrected chi connectivity index (χ1v) is 8.75. The Hall–Kier alpha value is -0.630. The van der Waals surface area contributed by atoms with E-state index < -0.39 is 5.60 Å². The standard InChI is InChI=1S/C14H23N3O3S/c1-3-19-14(4-6-18-7-5-14)13-16-12(20-17-13)10-8-21-9-11(10)15-2/h10-11,15H,3-9H2,1-2H3. The number of rotatable bonds is 5. The van der Waals surface area contributed by atoms with Crippen LogP contribution in [-0.2, 0) is 15.1 Å². The van der Waals surface area contributed by atoms with E-state index in [0.29, 0.717) is 37.6 Å². The van der Waals surface area contributed by atoms with Crippen LogP contribution in [-0.4, -0.2) is 54.6 Å². The molecular formula is C14H23N3O3S. The summed E-state index contributed by atoms with van der Waals surface area (Å²) in [4.78, 5) is 4.69. The third-order valence-electron chi connectivity index (χ3n) is 4.34. The molecular weight excluding hydrogens is 290 g/mol. The first-order valence-electron chi connectivity index (χ1n) is 7.60. The number of likely N-dealkylation sites (N-methyl/N-ethyl adjacent to an activating group) is 1. The van der Waals surface area contributed by atoms with Crippen molar-refractivity contribution >= 4 is 11.8 Å². The summed E-state index contributed by atoms with van der Waals surface area (Å²) < 4.78 is 17.0. The fraction of sp³-hybridized carbons (Fsp3) is 0.857. The number of aromatic nitrogens is 2. The Morgan fingerprint density at radius 2 is 2.19 bits per heavy atom. The highest BCUT2D eigenvalue weighted by Crippen LogP contribution is 2.37. The fourth-order valence-corrected chi connectivity index (χ4v) is 4.48. The van der Waals surface area contributed by atoms with Crippen LogP contribution in [0.4, 0.5) is 0 Å². The van der Waals surface area contributed by atoms with E-state index in [1.807, 2.05) is 25.7 Å². The van der Waals surface area contributed by atoms with Gasteiger partial charge in [0, 0.05) is 50.2 Å². The van der Waals surface area contributed by atoms with Gasteiger partial charge in [-0.2, -0.15) is 16.7 Å². The molecule has 0 radical (unpaired) electrons. The van der Waals surface area contributed by atoms with Gasteiger partial charge in [0.05, 0.1) is 5.92 Å². The van der Waals surface area contributed by atoms with E-state index in [4.69, 9.17) is 19.0 Å². The molecule has 1 aromatic heterocycles. The average molecular weight is 313 g/mol. The van der Waals surface area contributed by atoms with Crippen LogP contribution in [0.5, 0.6) is 0 Å². The van der Waals surface area contributed by atoms with Gasteiger partial charge in [-0.3, -0.25) is 0 Å². The first-order chi connectivity index (χ1) is 10.3. The van der Waals surface area contributed by atoms with Crippen LogP contribution in [0.25, 0.3) is 0 Å². The van der Waals surface area contributed by atoms with Crippen LogP contribution >= 0.6 is 11.8 Å². The summed E-state index contributed by atoms with van der Waals surface area (Å²) in [6.45, 7) is 4.01. The predicted molar refractivity (Wildman–Crippen MR) is 80.6 cm³/mol. The van der Waals surface area contributed by atoms with Crippen molar-refractivity contribution in [3.8, 4) is 0 Å². The number of nitrogens with zero attached hydrogens (tertiary/aromatic N) is 2. The SMILES string of the molecule is CCOC1(c2noc(C3CSCC3NC)n2)CCOCC1. The van der Waals surface area contributed by atoms with Gasteiger partial charge >= 0.3 is 0 Å². The Balaban J connectivity index is 1.82. The molecule has 0 saturated carbocycles. The molecule has 0 bridgehead atoms. The van der Waals surface area contributed by atoms with Crippen molar-refractivity contribution in [1.82, 2.24) is 15.5 Å². The van der Waals surface area contributed by atoms with Crippen molar-refractivity contribution in [3.63, 3.8) is 0 Å². The Morgan fingerprint density at radius 3 is 2.90 bits per heavy atom. The average Bonchev–Trinajstić information content (AvgIpc) is 3.17. The molecule has 0 amide bonds. The van der Waals surface area contributed by atoms with Crippen molar-refractivity contribution in [2.24, 2.45) is 0 Å². The van der Waals surface area contributed by atoms with Gasteiger partial charge < -0.3 is 19.3 Å². The Morgan fingerprint density at radius 1 is 1.38 bits per heavy atom. The van der Waals surface area contributed by atoms with E-state index in [1.165, 1.54) is 0 Å². The maximum absolute atomic E-state index is 6.00. The molecule has 2 unspecified atom stereocenters. The van der Waals surface area contributed by atoms with Gasteiger partial charge in [-0.25, -0.2) is 0 Å². The highest BCUT2D eigenvalue weighted by molar-refractivity contribution is 7.99. The molecule has 21 heavy (non-hydrogen) atoms. The van der Waals surface area contributed by atoms with Crippen molar-refractivity contribution in [3.05, 3.63) is 11.7 Å². The first kappa shape index (κ1) is 15.3. The van der Waals surface area contributed by atoms with Gasteiger partial charge in [0.2, 0.25) is 11.7 Å². The second kappa shape index (κ2) is 6.64. The number of hydrogen-bond donors (Lipinski definition) is 1. The van der Waals surface area contributed by atoms with Gasteiger partial charge in [0.25, 0.3) is 0 Å². The third-order valence-corrected chi connectivity index (χ3v) is 5.53. The van der Waals surface area contributed by atoms with E-state index in [1.54, 1.807) is 0 Å². The molecule has 2 fully saturated rings. The molecule has 1 aromatic rings. The lowest BCUT2D eigenvalue weighted by Gasteiger charge is -2.33. The minimum Gasteiger partial charge on any atom is -0.381 e. The van der Waals surface area contributed by atoms with Crippen molar-refractivity contribution < 1.29 is 14.0 Å². The molecule has 2 saturated heterocycles. The zero-order valence-corrected chi connectivity index (χ0v) is 13.4. The van der Waals surface area contributed by atoms with E-state index in [2.05, 4.69) is 10.5 Å². The summed E-state index contributed by atoms with van der Waals surface area (Å²) in [5.41, 5.74) is -0.435. The maximum Gasteiger partial charge on any atom is 0.232 e. The van der Waals surface area contributed by atoms with Crippen molar-refractivity contribution in [1.29, 1.82) is 0 Å². The summed E-state index contributed by atoms with van der Waals surface area (Å²) in [5.74, 6) is 3.83. The normalized spacial score (nSPS) is 28.9. The predicted octanol–water partition coefficient (Wildman–Crippen LogP) is 1.53. The lowest BCUT2D eigenvalue weighted by molar-refractivity contribution is -0.118. The molecule has 3 heterocycles. The van der Waals surface area contributed by atoms with Gasteiger partial charge in [0.1, 0.15) is 5.60 Å². The fourth-order valence-electron chi connectivity index (χ4n) is 3.06. The zero-order chi connectivity index (χ0) is 14.7. The van der Waals surface area contributed by atoms with Crippen LogP contribution in [0.3, 0.4) is 0 Å². The van der Waals surface area contributed by atoms with E-state index in [-0.39, 0.29) is 0 Å². The number of hydrogen-bond acceptors (Lipinski definition) is 7. The van der Waals surface area contributed by atoms with Crippen LogP contribution in [0.1, 0.15) is 37.4 Å². The van der Waals surface area contributed by atoms with Crippen molar-refractivity contribution in [2.45, 2.75) is 37.3 Å². The zero-order valence-electron chi connectivity index (χ0n) is 12.6. The molecule has 2 aliphatic heterocycles. The Labute approximate surface area is 129 Å². The lowest BCUT2D eigenvalue weighted by Crippen LogP contribution is -2.38. The second-order valence-electron chi connectivity index (χ2n) is 5.54. The highest BCUT2D eigenvalue weighted by atomic mass is 32.2. The third kappa shape index (κ3) is 2.97. The monoisotopic (exact) mass is 313 g/mol. The Bertz CT molecular complexity index is 457. The van der Waals surface area contributed by atoms with E-state index >= 15 is 0 Å². The van der Waals surface area contributed by atoms with Crippen LogP contribution < -0.4 is 5.32 Å². The highest BCUT2D eigenvalue weighted by Gasteiger charge is 2.41. The second-order valence-corrected chi connectivity index (χ2v) is 6.61. The molecule has 7 heteroatoms. The minimum atomic E-state index is -0.435. The smallest absolute Gasteiger partial charge is 0.232 e. The van der Waals surface area contributed by atoms with Crippen molar-refractivity contribution in [2.75, 3.05) is 38.4 Å². The summed E-state index contributed by atoms with van der Waals surface area (Å²) in [7, 11) is 1.99. The molecule has 3 rings (SSSR count). The minimum absolute atomic E-state index is 0.291. The summed E-state index contributed by atoms with van der Waals surface area (Å²) in [6.07, 6.45) is 1.57. The molecule has 0 spiro atoms. The topological polar surface area (TPSA) is 69.4 Å². The largest absolute Gasteiger partial charge is 0.381 e. The van der Waals surface area contributed by atoms with Crippen LogP contribution in [0.15, 0.2) is 4.52 Å². The number of nitrogens with one attached hydrogen (secondary N) is 1. The van der Waals surface area contributed by atoms with Gasteiger partial charge in [0.15, 0.2) is 0 Å². The number of thioether (sulfide) groups is 1. The van der Waals surface area contributed by atoms with Gasteiger partial charge in [-0.05, 0) is 14.0 Å². The lowest BCUT2D eigenvalue weighted by atomic mass is 9.93.